The van der Waals surface area contributed by atoms with Crippen molar-refractivity contribution in [3.63, 3.8) is 0 Å². The van der Waals surface area contributed by atoms with E-state index in [0.29, 0.717) is 18.2 Å². The highest BCUT2D eigenvalue weighted by Gasteiger charge is 2.37. The summed E-state index contributed by atoms with van der Waals surface area (Å²) in [7, 11) is 0. The van der Waals surface area contributed by atoms with Gasteiger partial charge in [-0.3, -0.25) is 0 Å². The van der Waals surface area contributed by atoms with Crippen LogP contribution in [0.2, 0.25) is 0 Å². The van der Waals surface area contributed by atoms with Gasteiger partial charge in [0, 0.05) is 18.9 Å². The molecule has 0 spiro atoms. The van der Waals surface area contributed by atoms with Crippen molar-refractivity contribution in [1.29, 1.82) is 0 Å². The maximum Gasteiger partial charge on any atom is 0.416 e. The van der Waals surface area contributed by atoms with Crippen LogP contribution in [0.25, 0.3) is 0 Å². The van der Waals surface area contributed by atoms with Crippen molar-refractivity contribution in [2.45, 2.75) is 18.9 Å². The summed E-state index contributed by atoms with van der Waals surface area (Å²) in [4.78, 5) is 1.45. The Morgan fingerprint density at radius 2 is 1.75 bits per heavy atom. The van der Waals surface area contributed by atoms with Crippen LogP contribution >= 0.6 is 0 Å². The molecule has 2 rings (SSSR count). The SMILES string of the molecule is FC(F)(F)c1ccc(C(F)(F)F)c(CN2C=CNC2)c1. The smallest absolute Gasteiger partial charge is 0.373 e. The van der Waals surface area contributed by atoms with Crippen LogP contribution in [0, 0.1) is 0 Å². The minimum Gasteiger partial charge on any atom is -0.373 e. The van der Waals surface area contributed by atoms with Gasteiger partial charge in [0.15, 0.2) is 0 Å². The molecule has 0 saturated heterocycles. The van der Waals surface area contributed by atoms with E-state index >= 15 is 0 Å². The summed E-state index contributed by atoms with van der Waals surface area (Å²) in [6, 6.07) is 1.48. The third-order valence-corrected chi connectivity index (χ3v) is 2.81. The summed E-state index contributed by atoms with van der Waals surface area (Å²) < 4.78 is 76.2. The Morgan fingerprint density at radius 3 is 2.25 bits per heavy atom. The second kappa shape index (κ2) is 4.92. The van der Waals surface area contributed by atoms with Gasteiger partial charge in [0.1, 0.15) is 0 Å². The predicted octanol–water partition coefficient (Wildman–Crippen LogP) is 3.56. The zero-order valence-electron chi connectivity index (χ0n) is 10.0. The molecule has 1 heterocycles. The summed E-state index contributed by atoms with van der Waals surface area (Å²) in [6.45, 7) is 0.00973. The highest BCUT2D eigenvalue weighted by atomic mass is 19.4. The fourth-order valence-corrected chi connectivity index (χ4v) is 1.89. The van der Waals surface area contributed by atoms with E-state index in [1.54, 1.807) is 0 Å². The first-order chi connectivity index (χ1) is 9.18. The molecule has 0 saturated carbocycles. The summed E-state index contributed by atoms with van der Waals surface area (Å²) in [5.74, 6) is 0. The van der Waals surface area contributed by atoms with Crippen molar-refractivity contribution < 1.29 is 26.3 Å². The Morgan fingerprint density at radius 1 is 1.05 bits per heavy atom. The maximum absolute atomic E-state index is 12.8. The van der Waals surface area contributed by atoms with Gasteiger partial charge in [0.05, 0.1) is 17.8 Å². The molecule has 1 N–H and O–H groups in total. The molecule has 1 aromatic rings. The van der Waals surface area contributed by atoms with E-state index in [1.165, 1.54) is 17.3 Å². The molecule has 0 amide bonds. The average molecular weight is 296 g/mol. The first kappa shape index (κ1) is 14.5. The summed E-state index contributed by atoms with van der Waals surface area (Å²) >= 11 is 0. The number of halogens is 6. The number of nitrogens with one attached hydrogen (secondary N) is 1. The van der Waals surface area contributed by atoms with Gasteiger partial charge >= 0.3 is 12.4 Å². The van der Waals surface area contributed by atoms with Gasteiger partial charge in [-0.25, -0.2) is 0 Å². The normalized spacial score (nSPS) is 15.6. The van der Waals surface area contributed by atoms with Crippen molar-refractivity contribution >= 4 is 0 Å². The lowest BCUT2D eigenvalue weighted by molar-refractivity contribution is -0.142. The van der Waals surface area contributed by atoms with Gasteiger partial charge in [-0.15, -0.1) is 0 Å². The highest BCUT2D eigenvalue weighted by Crippen LogP contribution is 2.37. The molecule has 1 aliphatic rings. The molecule has 20 heavy (non-hydrogen) atoms. The third kappa shape index (κ3) is 3.17. The van der Waals surface area contributed by atoms with Crippen LogP contribution in [0.3, 0.4) is 0 Å². The molecule has 0 radical (unpaired) electrons. The van der Waals surface area contributed by atoms with Crippen LogP contribution < -0.4 is 5.32 Å². The minimum atomic E-state index is -4.68. The molecule has 0 aromatic heterocycles. The first-order valence-electron chi connectivity index (χ1n) is 5.59. The molecule has 2 nitrogen and oxygen atoms in total. The average Bonchev–Trinajstić information content (AvgIpc) is 2.79. The van der Waals surface area contributed by atoms with Gasteiger partial charge in [-0.05, 0) is 23.8 Å². The van der Waals surface area contributed by atoms with E-state index in [-0.39, 0.29) is 13.2 Å². The van der Waals surface area contributed by atoms with E-state index in [0.717, 1.165) is 0 Å². The molecule has 0 fully saturated rings. The number of benzene rings is 1. The largest absolute Gasteiger partial charge is 0.416 e. The number of alkyl halides is 6. The van der Waals surface area contributed by atoms with Gasteiger partial charge in [-0.1, -0.05) is 0 Å². The van der Waals surface area contributed by atoms with Crippen molar-refractivity contribution in [2.24, 2.45) is 0 Å². The fourth-order valence-electron chi connectivity index (χ4n) is 1.89. The lowest BCUT2D eigenvalue weighted by Gasteiger charge is -2.20. The second-order valence-electron chi connectivity index (χ2n) is 4.29. The Hall–Kier alpha value is -1.86. The second-order valence-corrected chi connectivity index (χ2v) is 4.29. The lowest BCUT2D eigenvalue weighted by Crippen LogP contribution is -2.22. The van der Waals surface area contributed by atoms with Crippen molar-refractivity contribution in [3.8, 4) is 0 Å². The number of rotatable bonds is 2. The molecule has 1 aromatic carbocycles. The van der Waals surface area contributed by atoms with E-state index in [9.17, 15) is 26.3 Å². The van der Waals surface area contributed by atoms with Crippen molar-refractivity contribution in [3.05, 3.63) is 47.3 Å². The van der Waals surface area contributed by atoms with Crippen molar-refractivity contribution in [1.82, 2.24) is 10.2 Å². The van der Waals surface area contributed by atoms with Crippen LogP contribution in [-0.2, 0) is 18.9 Å². The Labute approximate surface area is 110 Å². The molecular formula is C12H10F6N2. The molecule has 0 atom stereocenters. The van der Waals surface area contributed by atoms with Gasteiger partial charge in [0.25, 0.3) is 0 Å². The molecule has 0 unspecified atom stereocenters. The number of hydrogen-bond donors (Lipinski definition) is 1. The molecular weight excluding hydrogens is 286 g/mol. The van der Waals surface area contributed by atoms with E-state index < -0.39 is 29.0 Å². The van der Waals surface area contributed by atoms with Crippen LogP contribution in [0.4, 0.5) is 26.3 Å². The van der Waals surface area contributed by atoms with Crippen LogP contribution in [0.15, 0.2) is 30.6 Å². The lowest BCUT2D eigenvalue weighted by atomic mass is 10.0. The third-order valence-electron chi connectivity index (χ3n) is 2.81. The van der Waals surface area contributed by atoms with Crippen molar-refractivity contribution in [2.75, 3.05) is 6.67 Å². The summed E-state index contributed by atoms with van der Waals surface area (Å²) in [5, 5.41) is 2.74. The molecule has 110 valence electrons. The van der Waals surface area contributed by atoms with Crippen LogP contribution in [0.1, 0.15) is 16.7 Å². The van der Waals surface area contributed by atoms with Crippen LogP contribution in [0.5, 0.6) is 0 Å². The number of nitrogens with zero attached hydrogens (tertiary/aromatic N) is 1. The first-order valence-corrected chi connectivity index (χ1v) is 5.59. The van der Waals surface area contributed by atoms with Crippen LogP contribution in [-0.4, -0.2) is 11.6 Å². The van der Waals surface area contributed by atoms with Gasteiger partial charge in [0.2, 0.25) is 0 Å². The van der Waals surface area contributed by atoms with E-state index in [4.69, 9.17) is 0 Å². The predicted molar refractivity (Wildman–Crippen MR) is 59.1 cm³/mol. The topological polar surface area (TPSA) is 15.3 Å². The highest BCUT2D eigenvalue weighted by molar-refractivity contribution is 5.35. The van der Waals surface area contributed by atoms with E-state index in [1.807, 2.05) is 0 Å². The summed E-state index contributed by atoms with van der Waals surface area (Å²) in [5.41, 5.74) is -2.54. The molecule has 0 aliphatic carbocycles. The van der Waals surface area contributed by atoms with Gasteiger partial charge in [-0.2, -0.15) is 26.3 Å². The molecule has 1 aliphatic heterocycles. The number of hydrogen-bond acceptors (Lipinski definition) is 2. The Bertz CT molecular complexity index is 518. The molecule has 0 bridgehead atoms. The quantitative estimate of drug-likeness (QED) is 0.840. The Kier molecular flexibility index (Phi) is 3.58. The zero-order valence-corrected chi connectivity index (χ0v) is 10.0. The molecule has 8 heteroatoms. The minimum absolute atomic E-state index is 0.248. The monoisotopic (exact) mass is 296 g/mol. The van der Waals surface area contributed by atoms with E-state index in [2.05, 4.69) is 5.32 Å². The zero-order chi connectivity index (χ0) is 15.0. The Balaban J connectivity index is 2.39. The maximum atomic E-state index is 12.8. The summed E-state index contributed by atoms with van der Waals surface area (Å²) in [6.07, 6.45) is -6.35. The fraction of sp³-hybridized carbons (Fsp3) is 0.333. The standard InChI is InChI=1S/C12H10F6N2/c13-11(14,15)9-1-2-10(12(16,17)18)8(5-9)6-20-4-3-19-7-20/h1-5,19H,6-7H2. The van der Waals surface area contributed by atoms with Gasteiger partial charge < -0.3 is 10.2 Å².